The van der Waals surface area contributed by atoms with E-state index in [2.05, 4.69) is 0 Å². The third-order valence-electron chi connectivity index (χ3n) is 1.45. The number of carbonyl (C=O) groups excluding carboxylic acids is 2. The molecule has 1 N–H and O–H groups in total. The number of hydrogen-bond donors (Lipinski definition) is 1. The Balaban J connectivity index is 0.00000144. The Morgan fingerprint density at radius 2 is 1.77 bits per heavy atom. The first-order chi connectivity index (χ1) is 5.61. The molecule has 0 spiro atoms. The minimum absolute atomic E-state index is 0. The minimum Gasteiger partial charge on any atom is -0.481 e. The van der Waals surface area contributed by atoms with Gasteiger partial charge in [0.15, 0.2) is 0 Å². The first kappa shape index (κ1) is 12.0. The molecule has 0 bridgehead atoms. The zero-order valence-corrected chi connectivity index (χ0v) is 9.86. The van der Waals surface area contributed by atoms with E-state index in [0.717, 1.165) is 17.1 Å². The van der Waals surface area contributed by atoms with Crippen LogP contribution in [0.5, 0.6) is 0 Å². The van der Waals surface area contributed by atoms with Crippen LogP contribution in [0.25, 0.3) is 0 Å². The smallest absolute Gasteiger partial charge is 0.305 e. The number of nitrogens with zero attached hydrogens (tertiary/aromatic N) is 1. The molecule has 0 radical (unpaired) electrons. The van der Waals surface area contributed by atoms with Gasteiger partial charge in [-0.05, 0) is 0 Å². The van der Waals surface area contributed by atoms with Crippen molar-refractivity contribution >= 4 is 17.8 Å². The molecule has 1 rings (SSSR count). The molecule has 1 heterocycles. The van der Waals surface area contributed by atoms with Crippen molar-refractivity contribution in [1.29, 1.82) is 0 Å². The van der Waals surface area contributed by atoms with Gasteiger partial charge in [0.1, 0.15) is 0 Å². The van der Waals surface area contributed by atoms with Gasteiger partial charge in [-0.2, -0.15) is 0 Å². The van der Waals surface area contributed by atoms with Gasteiger partial charge in [0.05, 0.1) is 6.42 Å². The largest absolute Gasteiger partial charge is 0.481 e. The van der Waals surface area contributed by atoms with E-state index in [4.69, 9.17) is 5.11 Å². The number of imide groups is 1. The molecule has 1 aliphatic rings. The summed E-state index contributed by atoms with van der Waals surface area (Å²) in [7, 11) is 0. The number of amides is 2. The second-order valence-electron chi connectivity index (χ2n) is 2.31. The molecule has 0 unspecified atom stereocenters. The van der Waals surface area contributed by atoms with Crippen molar-refractivity contribution in [3.8, 4) is 0 Å². The minimum atomic E-state index is -1.03. The summed E-state index contributed by atoms with van der Waals surface area (Å²) in [5, 5.41) is 8.28. The summed E-state index contributed by atoms with van der Waals surface area (Å²) in [4.78, 5) is 32.6. The van der Waals surface area contributed by atoms with Gasteiger partial charge in [0, 0.05) is 38.2 Å². The molecule has 66 valence electrons. The second-order valence-corrected chi connectivity index (χ2v) is 2.31. The van der Waals surface area contributed by atoms with Gasteiger partial charge in [0.25, 0.3) is 11.8 Å². The molecular weight excluding hydrogens is 227 g/mol. The van der Waals surface area contributed by atoms with Crippen LogP contribution >= 0.6 is 0 Å². The van der Waals surface area contributed by atoms with Crippen LogP contribution in [0.15, 0.2) is 12.2 Å². The summed E-state index contributed by atoms with van der Waals surface area (Å²) in [5.41, 5.74) is 0. The van der Waals surface area contributed by atoms with Crippen LogP contribution in [0, 0.1) is 0 Å². The molecule has 0 aromatic heterocycles. The zero-order valence-electron chi connectivity index (χ0n) is 6.90. The first-order valence-corrected chi connectivity index (χ1v) is 3.36. The van der Waals surface area contributed by atoms with E-state index in [-0.39, 0.29) is 32.4 Å². The van der Waals surface area contributed by atoms with Crippen molar-refractivity contribution in [3.05, 3.63) is 12.2 Å². The van der Waals surface area contributed by atoms with Gasteiger partial charge in [-0.15, -0.1) is 0 Å². The maximum atomic E-state index is 10.8. The number of aliphatic carboxylic acids is 1. The van der Waals surface area contributed by atoms with Gasteiger partial charge in [-0.1, -0.05) is 0 Å². The Labute approximate surface area is 87.2 Å². The van der Waals surface area contributed by atoms with Crippen molar-refractivity contribution in [2.75, 3.05) is 6.54 Å². The molecule has 6 heteroatoms. The Bertz CT molecular complexity index is 256. The summed E-state index contributed by atoms with van der Waals surface area (Å²) < 4.78 is 0. The Kier molecular flexibility index (Phi) is 4.48. The summed E-state index contributed by atoms with van der Waals surface area (Å²) in [5.74, 6) is -1.91. The van der Waals surface area contributed by atoms with E-state index in [1.165, 1.54) is 0 Å². The maximum absolute atomic E-state index is 10.8. The molecule has 0 aliphatic carbocycles. The van der Waals surface area contributed by atoms with Crippen LogP contribution in [-0.2, 0) is 33.9 Å². The molecule has 0 saturated carbocycles. The summed E-state index contributed by atoms with van der Waals surface area (Å²) in [6.07, 6.45) is 2.05. The fourth-order valence-electron chi connectivity index (χ4n) is 0.859. The fraction of sp³-hybridized carbons (Fsp3) is 0.286. The quantitative estimate of drug-likeness (QED) is 0.522. The number of carboxylic acids is 1. The third kappa shape index (κ3) is 3.07. The molecule has 2 amide bonds. The van der Waals surface area contributed by atoms with E-state index in [1.807, 2.05) is 0 Å². The molecule has 0 saturated heterocycles. The number of rotatable bonds is 3. The van der Waals surface area contributed by atoms with Crippen molar-refractivity contribution in [3.63, 3.8) is 0 Å². The monoisotopic (exact) mass is 233 g/mol. The van der Waals surface area contributed by atoms with E-state index in [0.29, 0.717) is 0 Å². The van der Waals surface area contributed by atoms with Crippen LogP contribution in [0.2, 0.25) is 0 Å². The Morgan fingerprint density at radius 3 is 2.15 bits per heavy atom. The predicted molar refractivity (Wildman–Crippen MR) is 38.1 cm³/mol. The summed E-state index contributed by atoms with van der Waals surface area (Å²) >= 11 is 0. The third-order valence-corrected chi connectivity index (χ3v) is 1.45. The van der Waals surface area contributed by atoms with E-state index < -0.39 is 17.8 Å². The fourth-order valence-corrected chi connectivity index (χ4v) is 0.859. The molecule has 1 aliphatic heterocycles. The first-order valence-electron chi connectivity index (χ1n) is 3.36. The predicted octanol–water partition coefficient (Wildman–Crippen LogP) is -0.616. The van der Waals surface area contributed by atoms with Gasteiger partial charge < -0.3 is 5.11 Å². The zero-order chi connectivity index (χ0) is 9.14. The van der Waals surface area contributed by atoms with Gasteiger partial charge >= 0.3 is 5.97 Å². The molecule has 0 atom stereocenters. The van der Waals surface area contributed by atoms with E-state index >= 15 is 0 Å². The van der Waals surface area contributed by atoms with Crippen LogP contribution in [0.4, 0.5) is 0 Å². The van der Waals surface area contributed by atoms with Gasteiger partial charge in [-0.3, -0.25) is 19.3 Å². The van der Waals surface area contributed by atoms with Crippen LogP contribution < -0.4 is 0 Å². The van der Waals surface area contributed by atoms with E-state index in [9.17, 15) is 14.4 Å². The van der Waals surface area contributed by atoms with Crippen molar-refractivity contribution in [1.82, 2.24) is 4.90 Å². The average molecular weight is 235 g/mol. The van der Waals surface area contributed by atoms with Gasteiger partial charge in [0.2, 0.25) is 0 Å². The molecular formula is C7H7NO4Zn. The Morgan fingerprint density at radius 1 is 1.31 bits per heavy atom. The normalized spacial score (nSPS) is 14.6. The van der Waals surface area contributed by atoms with Crippen LogP contribution in [-0.4, -0.2) is 34.3 Å². The molecule has 13 heavy (non-hydrogen) atoms. The van der Waals surface area contributed by atoms with Crippen molar-refractivity contribution in [2.45, 2.75) is 6.42 Å². The molecule has 0 aromatic carbocycles. The van der Waals surface area contributed by atoms with Crippen molar-refractivity contribution < 1.29 is 39.0 Å². The van der Waals surface area contributed by atoms with Crippen LogP contribution in [0.3, 0.4) is 0 Å². The topological polar surface area (TPSA) is 74.7 Å². The molecule has 5 nitrogen and oxygen atoms in total. The van der Waals surface area contributed by atoms with Crippen molar-refractivity contribution in [2.24, 2.45) is 0 Å². The summed E-state index contributed by atoms with van der Waals surface area (Å²) in [6.45, 7) is -0.0556. The number of carbonyl (C=O) groups is 3. The standard InChI is InChI=1S/C7H7NO4.Zn/c9-5-1-2-6(10)8(5)4-3-7(11)12;/h1-2H,3-4H2,(H,11,12);. The van der Waals surface area contributed by atoms with Gasteiger partial charge in [-0.25, -0.2) is 0 Å². The van der Waals surface area contributed by atoms with Crippen LogP contribution in [0.1, 0.15) is 6.42 Å². The van der Waals surface area contributed by atoms with E-state index in [1.54, 1.807) is 0 Å². The summed E-state index contributed by atoms with van der Waals surface area (Å²) in [6, 6.07) is 0. The number of carboxylic acid groups (broad SMARTS) is 1. The molecule has 0 aromatic rings. The molecule has 0 fully saturated rings. The second kappa shape index (κ2) is 4.87. The average Bonchev–Trinajstić information content (AvgIpc) is 2.28. The number of hydrogen-bond acceptors (Lipinski definition) is 3. The SMILES string of the molecule is O=C(O)CCN1C(=O)C=CC1=O.[Zn]. The maximum Gasteiger partial charge on any atom is 0.305 e. The Hall–Kier alpha value is -1.03.